The summed E-state index contributed by atoms with van der Waals surface area (Å²) in [4.78, 5) is 13.3. The van der Waals surface area contributed by atoms with Crippen molar-refractivity contribution in [1.82, 2.24) is 5.32 Å². The standard InChI is InChI=1S/C27H30N2O5S/c1-18-5-9-23(10-6-18)35(31,32)29(24-11-7-19(2)15-20(24)3)17-27(30)28-21(4)22-8-12-25-26(16-22)34-14-13-33-25/h5-12,15-16,21H,13-14,17H2,1-4H3,(H,28,30)/t21-/m1/s1. The van der Waals surface area contributed by atoms with Gasteiger partial charge in [-0.2, -0.15) is 0 Å². The summed E-state index contributed by atoms with van der Waals surface area (Å²) in [6.45, 7) is 8.15. The summed E-state index contributed by atoms with van der Waals surface area (Å²) in [5.74, 6) is 0.889. The number of benzene rings is 3. The van der Waals surface area contributed by atoms with E-state index in [2.05, 4.69) is 5.32 Å². The molecule has 0 unspecified atom stereocenters. The van der Waals surface area contributed by atoms with Gasteiger partial charge in [0.1, 0.15) is 19.8 Å². The number of nitrogens with one attached hydrogen (secondary N) is 1. The second-order valence-corrected chi connectivity index (χ2v) is 10.7. The van der Waals surface area contributed by atoms with Crippen LogP contribution >= 0.6 is 0 Å². The molecule has 1 aliphatic rings. The molecule has 0 fully saturated rings. The van der Waals surface area contributed by atoms with Crippen molar-refractivity contribution in [2.75, 3.05) is 24.1 Å². The average molecular weight is 495 g/mol. The van der Waals surface area contributed by atoms with Crippen LogP contribution in [0.2, 0.25) is 0 Å². The lowest BCUT2D eigenvalue weighted by Gasteiger charge is -2.27. The third-order valence-corrected chi connectivity index (χ3v) is 7.73. The Balaban J connectivity index is 1.60. The molecule has 35 heavy (non-hydrogen) atoms. The number of ether oxygens (including phenoxy) is 2. The van der Waals surface area contributed by atoms with E-state index in [1.54, 1.807) is 30.3 Å². The molecule has 0 aromatic heterocycles. The first-order chi connectivity index (χ1) is 16.6. The van der Waals surface area contributed by atoms with Crippen LogP contribution < -0.4 is 19.1 Å². The van der Waals surface area contributed by atoms with Crippen LogP contribution in [0.5, 0.6) is 11.5 Å². The first-order valence-electron chi connectivity index (χ1n) is 11.5. The van der Waals surface area contributed by atoms with Gasteiger partial charge in [-0.15, -0.1) is 0 Å². The number of hydrogen-bond donors (Lipinski definition) is 1. The fraction of sp³-hybridized carbons (Fsp3) is 0.296. The van der Waals surface area contributed by atoms with Crippen LogP contribution in [0.4, 0.5) is 5.69 Å². The highest BCUT2D eigenvalue weighted by Gasteiger charge is 2.29. The zero-order chi connectivity index (χ0) is 25.2. The Morgan fingerprint density at radius 2 is 1.57 bits per heavy atom. The van der Waals surface area contributed by atoms with Crippen molar-refractivity contribution < 1.29 is 22.7 Å². The number of nitrogens with zero attached hydrogens (tertiary/aromatic N) is 1. The Hall–Kier alpha value is -3.52. The minimum atomic E-state index is -3.98. The molecule has 1 aliphatic heterocycles. The lowest BCUT2D eigenvalue weighted by molar-refractivity contribution is -0.120. The van der Waals surface area contributed by atoms with Gasteiger partial charge in [0.2, 0.25) is 5.91 Å². The topological polar surface area (TPSA) is 84.9 Å². The van der Waals surface area contributed by atoms with Gasteiger partial charge in [0.15, 0.2) is 11.5 Å². The molecular formula is C27H30N2O5S. The predicted octanol–water partition coefficient (Wildman–Crippen LogP) is 4.46. The molecule has 1 amide bonds. The molecule has 7 nitrogen and oxygen atoms in total. The van der Waals surface area contributed by atoms with Gasteiger partial charge in [0, 0.05) is 0 Å². The summed E-state index contributed by atoms with van der Waals surface area (Å²) in [7, 11) is -3.98. The molecule has 3 aromatic rings. The number of anilines is 1. The monoisotopic (exact) mass is 494 g/mol. The second-order valence-electron chi connectivity index (χ2n) is 8.81. The summed E-state index contributed by atoms with van der Waals surface area (Å²) < 4.78 is 39.7. The number of hydrogen-bond acceptors (Lipinski definition) is 5. The van der Waals surface area contributed by atoms with Crippen molar-refractivity contribution in [3.8, 4) is 11.5 Å². The van der Waals surface area contributed by atoms with E-state index in [4.69, 9.17) is 9.47 Å². The Morgan fingerprint density at radius 1 is 0.914 bits per heavy atom. The van der Waals surface area contributed by atoms with Crippen LogP contribution in [0.25, 0.3) is 0 Å². The van der Waals surface area contributed by atoms with Gasteiger partial charge in [0.05, 0.1) is 16.6 Å². The number of carbonyl (C=O) groups is 1. The minimum Gasteiger partial charge on any atom is -0.486 e. The van der Waals surface area contributed by atoms with Crippen molar-refractivity contribution in [3.63, 3.8) is 0 Å². The number of amides is 1. The molecule has 4 rings (SSSR count). The summed E-state index contributed by atoms with van der Waals surface area (Å²) in [6, 6.07) is 17.3. The van der Waals surface area contributed by atoms with Crippen LogP contribution in [-0.2, 0) is 14.8 Å². The second kappa shape index (κ2) is 10.00. The number of fused-ring (bicyclic) bond motifs is 1. The maximum absolute atomic E-state index is 13.6. The lowest BCUT2D eigenvalue weighted by atomic mass is 10.1. The molecule has 0 saturated heterocycles. The van der Waals surface area contributed by atoms with Gasteiger partial charge in [0.25, 0.3) is 10.0 Å². The van der Waals surface area contributed by atoms with E-state index in [0.29, 0.717) is 30.4 Å². The van der Waals surface area contributed by atoms with Crippen molar-refractivity contribution in [2.24, 2.45) is 0 Å². The van der Waals surface area contributed by atoms with Gasteiger partial charge < -0.3 is 14.8 Å². The Labute approximate surface area is 206 Å². The molecule has 8 heteroatoms. The van der Waals surface area contributed by atoms with Crippen LogP contribution in [0.1, 0.15) is 35.2 Å². The Bertz CT molecular complexity index is 1340. The summed E-state index contributed by atoms with van der Waals surface area (Å²) in [6.07, 6.45) is 0. The van der Waals surface area contributed by atoms with Crippen molar-refractivity contribution in [2.45, 2.75) is 38.6 Å². The molecule has 3 aromatic carbocycles. The minimum absolute atomic E-state index is 0.135. The van der Waals surface area contributed by atoms with Gasteiger partial charge in [-0.25, -0.2) is 8.42 Å². The summed E-state index contributed by atoms with van der Waals surface area (Å²) in [5, 5.41) is 2.93. The van der Waals surface area contributed by atoms with Gasteiger partial charge in [-0.05, 0) is 69.2 Å². The van der Waals surface area contributed by atoms with Crippen LogP contribution in [-0.4, -0.2) is 34.1 Å². The highest BCUT2D eigenvalue weighted by Crippen LogP contribution is 2.33. The molecule has 1 N–H and O–H groups in total. The smallest absolute Gasteiger partial charge is 0.264 e. The largest absolute Gasteiger partial charge is 0.486 e. The molecule has 1 atom stereocenters. The molecular weight excluding hydrogens is 464 g/mol. The average Bonchev–Trinajstić information content (AvgIpc) is 2.83. The number of rotatable bonds is 7. The number of sulfonamides is 1. The van der Waals surface area contributed by atoms with Crippen molar-refractivity contribution >= 4 is 21.6 Å². The van der Waals surface area contributed by atoms with Gasteiger partial charge in [-0.3, -0.25) is 9.10 Å². The van der Waals surface area contributed by atoms with Gasteiger partial charge in [-0.1, -0.05) is 41.5 Å². The lowest BCUT2D eigenvalue weighted by Crippen LogP contribution is -2.42. The quantitative estimate of drug-likeness (QED) is 0.524. The molecule has 0 saturated carbocycles. The van der Waals surface area contributed by atoms with Crippen LogP contribution in [0, 0.1) is 20.8 Å². The highest BCUT2D eigenvalue weighted by molar-refractivity contribution is 7.92. The maximum Gasteiger partial charge on any atom is 0.264 e. The van der Waals surface area contributed by atoms with E-state index in [0.717, 1.165) is 22.3 Å². The third kappa shape index (κ3) is 5.43. The predicted molar refractivity (Wildman–Crippen MR) is 136 cm³/mol. The summed E-state index contributed by atoms with van der Waals surface area (Å²) >= 11 is 0. The molecule has 0 bridgehead atoms. The zero-order valence-corrected chi connectivity index (χ0v) is 21.2. The Kier molecular flexibility index (Phi) is 7.03. The fourth-order valence-corrected chi connectivity index (χ4v) is 5.54. The first kappa shape index (κ1) is 24.6. The Morgan fingerprint density at radius 3 is 2.26 bits per heavy atom. The van der Waals surface area contributed by atoms with E-state index >= 15 is 0 Å². The summed E-state index contributed by atoms with van der Waals surface area (Å²) in [5.41, 5.74) is 4.04. The van der Waals surface area contributed by atoms with Crippen LogP contribution in [0.15, 0.2) is 65.6 Å². The van der Waals surface area contributed by atoms with Crippen LogP contribution in [0.3, 0.4) is 0 Å². The van der Waals surface area contributed by atoms with E-state index in [1.165, 1.54) is 4.31 Å². The molecule has 0 spiro atoms. The SMILES string of the molecule is Cc1ccc(S(=O)(=O)N(CC(=O)N[C@H](C)c2ccc3c(c2)OCCO3)c2ccc(C)cc2C)cc1. The normalized spacial score (nSPS) is 13.7. The highest BCUT2D eigenvalue weighted by atomic mass is 32.2. The van der Waals surface area contributed by atoms with E-state index in [1.807, 2.05) is 58.0 Å². The van der Waals surface area contributed by atoms with Gasteiger partial charge >= 0.3 is 0 Å². The first-order valence-corrected chi connectivity index (χ1v) is 12.9. The van der Waals surface area contributed by atoms with Crippen molar-refractivity contribution in [1.29, 1.82) is 0 Å². The van der Waals surface area contributed by atoms with E-state index in [-0.39, 0.29) is 17.5 Å². The molecule has 0 aliphatic carbocycles. The molecule has 0 radical (unpaired) electrons. The maximum atomic E-state index is 13.6. The fourth-order valence-electron chi connectivity index (χ4n) is 4.05. The number of carbonyl (C=O) groups excluding carboxylic acids is 1. The molecule has 184 valence electrons. The molecule has 1 heterocycles. The van der Waals surface area contributed by atoms with Crippen molar-refractivity contribution in [3.05, 3.63) is 82.9 Å². The number of aryl methyl sites for hydroxylation is 3. The zero-order valence-electron chi connectivity index (χ0n) is 20.4. The van der Waals surface area contributed by atoms with E-state index < -0.39 is 15.9 Å². The third-order valence-electron chi connectivity index (χ3n) is 5.96. The van der Waals surface area contributed by atoms with E-state index in [9.17, 15) is 13.2 Å².